The highest BCUT2D eigenvalue weighted by Crippen LogP contribution is 2.25. The summed E-state index contributed by atoms with van der Waals surface area (Å²) in [5.41, 5.74) is 1.77. The van der Waals surface area contributed by atoms with Crippen molar-refractivity contribution in [1.82, 2.24) is 14.9 Å². The second-order valence-corrected chi connectivity index (χ2v) is 5.15. The summed E-state index contributed by atoms with van der Waals surface area (Å²) in [7, 11) is 0. The predicted octanol–water partition coefficient (Wildman–Crippen LogP) is 2.89. The van der Waals surface area contributed by atoms with Crippen LogP contribution in [0.25, 0.3) is 5.69 Å². The molecule has 21 heavy (non-hydrogen) atoms. The van der Waals surface area contributed by atoms with E-state index in [1.165, 1.54) is 0 Å². The van der Waals surface area contributed by atoms with Crippen LogP contribution < -0.4 is 5.32 Å². The van der Waals surface area contributed by atoms with Crippen LogP contribution >= 0.6 is 0 Å². The van der Waals surface area contributed by atoms with E-state index in [1.807, 2.05) is 6.92 Å². The molecule has 0 atom stereocenters. The van der Waals surface area contributed by atoms with Gasteiger partial charge >= 0.3 is 0 Å². The maximum Gasteiger partial charge on any atom is 0.161 e. The minimum Gasteiger partial charge on any atom is -0.311 e. The largest absolute Gasteiger partial charge is 0.311 e. The summed E-state index contributed by atoms with van der Waals surface area (Å²) in [6.45, 7) is 3.37. The number of hydrogen-bond acceptors (Lipinski definition) is 2. The Kier molecular flexibility index (Phi) is 3.71. The average Bonchev–Trinajstić information content (AvgIpc) is 2.81. The lowest BCUT2D eigenvalue weighted by atomic mass is 10.1. The molecule has 1 N–H and O–H groups in total. The Bertz CT molecular complexity index is 679. The van der Waals surface area contributed by atoms with Gasteiger partial charge in [0.15, 0.2) is 11.6 Å². The summed E-state index contributed by atoms with van der Waals surface area (Å²) in [6.07, 6.45) is 2.19. The number of benzene rings is 1. The molecule has 0 saturated carbocycles. The molecule has 2 aromatic rings. The molecule has 6 heteroatoms. The van der Waals surface area contributed by atoms with E-state index in [0.717, 1.165) is 30.4 Å². The molecule has 1 aromatic carbocycles. The number of nitrogens with zero attached hydrogens (tertiary/aromatic N) is 2. The quantitative estimate of drug-likeness (QED) is 0.882. The Labute approximate surface area is 120 Å². The van der Waals surface area contributed by atoms with Crippen LogP contribution in [-0.2, 0) is 19.4 Å². The molecule has 3 nitrogen and oxygen atoms in total. The molecule has 0 fully saturated rings. The predicted molar refractivity (Wildman–Crippen MR) is 72.8 cm³/mol. The molecule has 0 radical (unpaired) electrons. The van der Waals surface area contributed by atoms with Crippen LogP contribution in [0.1, 0.15) is 30.6 Å². The van der Waals surface area contributed by atoms with Crippen LogP contribution in [0.4, 0.5) is 13.2 Å². The molecule has 2 heterocycles. The van der Waals surface area contributed by atoms with E-state index in [1.54, 1.807) is 4.57 Å². The van der Waals surface area contributed by atoms with Crippen LogP contribution in [0, 0.1) is 17.5 Å². The van der Waals surface area contributed by atoms with E-state index in [4.69, 9.17) is 0 Å². The highest BCUT2D eigenvalue weighted by atomic mass is 19.2. The minimum absolute atomic E-state index is 0.0352. The van der Waals surface area contributed by atoms with E-state index in [9.17, 15) is 13.2 Å². The van der Waals surface area contributed by atoms with Crippen molar-refractivity contribution in [3.63, 3.8) is 0 Å². The molecule has 1 aromatic heterocycles. The maximum absolute atomic E-state index is 14.1. The number of aromatic nitrogens is 2. The highest BCUT2D eigenvalue weighted by molar-refractivity contribution is 5.40. The number of fused-ring (bicyclic) bond motifs is 1. The Morgan fingerprint density at radius 2 is 1.95 bits per heavy atom. The molecular weight excluding hydrogens is 279 g/mol. The molecule has 1 aliphatic rings. The van der Waals surface area contributed by atoms with Gasteiger partial charge in [0.2, 0.25) is 0 Å². The number of rotatable bonds is 3. The van der Waals surface area contributed by atoms with Gasteiger partial charge in [-0.25, -0.2) is 18.2 Å². The fraction of sp³-hybridized carbons (Fsp3) is 0.400. The molecule has 0 bridgehead atoms. The first-order chi connectivity index (χ1) is 10.1. The molecular formula is C15H16F3N3. The summed E-state index contributed by atoms with van der Waals surface area (Å²) in [6, 6.07) is 1.50. The van der Waals surface area contributed by atoms with Crippen LogP contribution in [-0.4, -0.2) is 16.1 Å². The van der Waals surface area contributed by atoms with E-state index in [-0.39, 0.29) is 5.69 Å². The molecule has 0 spiro atoms. The molecule has 0 amide bonds. The Morgan fingerprint density at radius 3 is 2.71 bits per heavy atom. The van der Waals surface area contributed by atoms with Crippen molar-refractivity contribution in [2.24, 2.45) is 0 Å². The van der Waals surface area contributed by atoms with Crippen LogP contribution in [0.2, 0.25) is 0 Å². The zero-order valence-electron chi connectivity index (χ0n) is 11.7. The second kappa shape index (κ2) is 5.52. The third-order valence-electron chi connectivity index (χ3n) is 3.66. The van der Waals surface area contributed by atoms with Gasteiger partial charge < -0.3 is 5.32 Å². The van der Waals surface area contributed by atoms with E-state index in [2.05, 4.69) is 10.3 Å². The molecule has 0 aliphatic carbocycles. The highest BCUT2D eigenvalue weighted by Gasteiger charge is 2.23. The standard InChI is InChI=1S/C15H16F3N3/c1-2-3-15-20-12-8-19-5-4-13(12)21(15)14-7-10(17)9(16)6-11(14)18/h6-7,19H,2-5,8H2,1H3. The van der Waals surface area contributed by atoms with Crippen molar-refractivity contribution >= 4 is 0 Å². The first-order valence-electron chi connectivity index (χ1n) is 7.06. The summed E-state index contributed by atoms with van der Waals surface area (Å²) in [5.74, 6) is -2.31. The van der Waals surface area contributed by atoms with Crippen molar-refractivity contribution in [2.45, 2.75) is 32.7 Å². The minimum atomic E-state index is -1.18. The average molecular weight is 295 g/mol. The van der Waals surface area contributed by atoms with Gasteiger partial charge in [0.1, 0.15) is 11.6 Å². The van der Waals surface area contributed by atoms with Gasteiger partial charge in [-0.05, 0) is 6.42 Å². The van der Waals surface area contributed by atoms with Gasteiger partial charge in [-0.3, -0.25) is 4.57 Å². The molecule has 0 unspecified atom stereocenters. The fourth-order valence-electron chi connectivity index (χ4n) is 2.73. The summed E-state index contributed by atoms with van der Waals surface area (Å²) in [5, 5.41) is 3.21. The van der Waals surface area contributed by atoms with Crippen molar-refractivity contribution < 1.29 is 13.2 Å². The van der Waals surface area contributed by atoms with Crippen LogP contribution in [0.15, 0.2) is 12.1 Å². The number of imidazole rings is 1. The Hall–Kier alpha value is -1.82. The second-order valence-electron chi connectivity index (χ2n) is 5.15. The smallest absolute Gasteiger partial charge is 0.161 e. The lowest BCUT2D eigenvalue weighted by Crippen LogP contribution is -2.25. The Morgan fingerprint density at radius 1 is 1.19 bits per heavy atom. The van der Waals surface area contributed by atoms with Crippen LogP contribution in [0.3, 0.4) is 0 Å². The van der Waals surface area contributed by atoms with E-state index >= 15 is 0 Å². The van der Waals surface area contributed by atoms with Gasteiger partial charge in [0, 0.05) is 43.8 Å². The zero-order valence-corrected chi connectivity index (χ0v) is 11.7. The zero-order chi connectivity index (χ0) is 15.0. The van der Waals surface area contributed by atoms with E-state index < -0.39 is 17.5 Å². The number of halogens is 3. The third-order valence-corrected chi connectivity index (χ3v) is 3.66. The van der Waals surface area contributed by atoms with Gasteiger partial charge in [0.25, 0.3) is 0 Å². The number of hydrogen-bond donors (Lipinski definition) is 1. The van der Waals surface area contributed by atoms with Gasteiger partial charge in [-0.2, -0.15) is 0 Å². The molecule has 112 valence electrons. The topological polar surface area (TPSA) is 29.9 Å². The van der Waals surface area contributed by atoms with Crippen LogP contribution in [0.5, 0.6) is 0 Å². The third kappa shape index (κ3) is 2.44. The summed E-state index contributed by atoms with van der Waals surface area (Å²) >= 11 is 0. The van der Waals surface area contributed by atoms with Gasteiger partial charge in [-0.15, -0.1) is 0 Å². The number of aryl methyl sites for hydroxylation is 1. The summed E-state index contributed by atoms with van der Waals surface area (Å²) < 4.78 is 42.4. The lowest BCUT2D eigenvalue weighted by Gasteiger charge is -2.17. The summed E-state index contributed by atoms with van der Waals surface area (Å²) in [4.78, 5) is 4.53. The fourth-order valence-corrected chi connectivity index (χ4v) is 2.73. The molecule has 0 saturated heterocycles. The lowest BCUT2D eigenvalue weighted by molar-refractivity contribution is 0.491. The first kappa shape index (κ1) is 14.1. The molecule has 3 rings (SSSR count). The molecule has 1 aliphatic heterocycles. The Balaban J connectivity index is 2.21. The maximum atomic E-state index is 14.1. The van der Waals surface area contributed by atoms with Crippen molar-refractivity contribution in [2.75, 3.05) is 6.54 Å². The van der Waals surface area contributed by atoms with Gasteiger partial charge in [0.05, 0.1) is 11.4 Å². The first-order valence-corrected chi connectivity index (χ1v) is 7.06. The monoisotopic (exact) mass is 295 g/mol. The van der Waals surface area contributed by atoms with E-state index in [0.29, 0.717) is 31.3 Å². The van der Waals surface area contributed by atoms with Crippen molar-refractivity contribution in [1.29, 1.82) is 0 Å². The van der Waals surface area contributed by atoms with Crippen molar-refractivity contribution in [3.05, 3.63) is 46.8 Å². The van der Waals surface area contributed by atoms with Gasteiger partial charge in [-0.1, -0.05) is 6.92 Å². The normalized spacial score (nSPS) is 14.3. The van der Waals surface area contributed by atoms with Crippen molar-refractivity contribution in [3.8, 4) is 5.69 Å². The number of nitrogens with one attached hydrogen (secondary N) is 1. The SMILES string of the molecule is CCCc1nc2c(n1-c1cc(F)c(F)cc1F)CCNC2.